The Kier molecular flexibility index (Phi) is 5.66. The number of esters is 1. The predicted molar refractivity (Wildman–Crippen MR) is 70.6 cm³/mol. The molecule has 94 valence electrons. The SMILES string of the molecule is CC(C)CCOC(=O)C=Cc1ccc(C#N)cc1. The molecule has 3 heteroatoms. The third kappa shape index (κ3) is 5.31. The van der Waals surface area contributed by atoms with Crippen molar-refractivity contribution in [1.82, 2.24) is 0 Å². The van der Waals surface area contributed by atoms with Crippen LogP contribution in [0.5, 0.6) is 0 Å². The molecule has 0 amide bonds. The van der Waals surface area contributed by atoms with Crippen LogP contribution in [0.15, 0.2) is 30.3 Å². The van der Waals surface area contributed by atoms with Crippen molar-refractivity contribution in [2.24, 2.45) is 5.92 Å². The molecule has 0 bridgehead atoms. The maximum absolute atomic E-state index is 11.4. The van der Waals surface area contributed by atoms with E-state index in [4.69, 9.17) is 10.00 Å². The van der Waals surface area contributed by atoms with Crippen LogP contribution in [0.4, 0.5) is 0 Å². The smallest absolute Gasteiger partial charge is 0.330 e. The van der Waals surface area contributed by atoms with Gasteiger partial charge in [-0.1, -0.05) is 26.0 Å². The van der Waals surface area contributed by atoms with Crippen molar-refractivity contribution in [2.45, 2.75) is 20.3 Å². The second kappa shape index (κ2) is 7.29. The van der Waals surface area contributed by atoms with Gasteiger partial charge >= 0.3 is 5.97 Å². The number of nitriles is 1. The zero-order chi connectivity index (χ0) is 13.4. The van der Waals surface area contributed by atoms with E-state index in [1.165, 1.54) is 6.08 Å². The lowest BCUT2D eigenvalue weighted by molar-refractivity contribution is -0.137. The lowest BCUT2D eigenvalue weighted by atomic mass is 10.1. The van der Waals surface area contributed by atoms with Crippen LogP contribution in [0.1, 0.15) is 31.4 Å². The molecule has 0 aliphatic rings. The Balaban J connectivity index is 2.43. The molecule has 0 atom stereocenters. The van der Waals surface area contributed by atoms with Gasteiger partial charge in [0, 0.05) is 6.08 Å². The third-order valence-corrected chi connectivity index (χ3v) is 2.39. The summed E-state index contributed by atoms with van der Waals surface area (Å²) in [6.07, 6.45) is 3.96. The highest BCUT2D eigenvalue weighted by molar-refractivity contribution is 5.87. The quantitative estimate of drug-likeness (QED) is 0.589. The number of ether oxygens (including phenoxy) is 1. The molecule has 0 fully saturated rings. The number of hydrogen-bond acceptors (Lipinski definition) is 3. The number of benzene rings is 1. The monoisotopic (exact) mass is 243 g/mol. The fourth-order valence-electron chi connectivity index (χ4n) is 1.28. The summed E-state index contributed by atoms with van der Waals surface area (Å²) in [4.78, 5) is 11.4. The van der Waals surface area contributed by atoms with E-state index in [9.17, 15) is 4.79 Å². The highest BCUT2D eigenvalue weighted by Gasteiger charge is 1.99. The van der Waals surface area contributed by atoms with Crippen molar-refractivity contribution in [1.29, 1.82) is 5.26 Å². The van der Waals surface area contributed by atoms with Crippen molar-refractivity contribution < 1.29 is 9.53 Å². The average molecular weight is 243 g/mol. The maximum atomic E-state index is 11.4. The highest BCUT2D eigenvalue weighted by Crippen LogP contribution is 2.05. The van der Waals surface area contributed by atoms with E-state index in [1.54, 1.807) is 30.3 Å². The first kappa shape index (κ1) is 14.0. The van der Waals surface area contributed by atoms with E-state index < -0.39 is 0 Å². The Morgan fingerprint density at radius 1 is 1.39 bits per heavy atom. The molecule has 1 aromatic rings. The largest absolute Gasteiger partial charge is 0.463 e. The summed E-state index contributed by atoms with van der Waals surface area (Å²) in [5, 5.41) is 8.65. The van der Waals surface area contributed by atoms with Crippen LogP contribution in [0.25, 0.3) is 6.08 Å². The molecule has 0 saturated heterocycles. The summed E-state index contributed by atoms with van der Waals surface area (Å²) in [6.45, 7) is 4.62. The minimum absolute atomic E-state index is 0.333. The highest BCUT2D eigenvalue weighted by atomic mass is 16.5. The van der Waals surface area contributed by atoms with Gasteiger partial charge in [0.2, 0.25) is 0 Å². The molecule has 18 heavy (non-hydrogen) atoms. The van der Waals surface area contributed by atoms with Gasteiger partial charge in [0.05, 0.1) is 18.2 Å². The number of rotatable bonds is 5. The summed E-state index contributed by atoms with van der Waals surface area (Å²) in [7, 11) is 0. The van der Waals surface area contributed by atoms with Crippen LogP contribution in [-0.2, 0) is 9.53 Å². The molecule has 0 aliphatic carbocycles. The van der Waals surface area contributed by atoms with Gasteiger partial charge in [0.25, 0.3) is 0 Å². The molecule has 0 heterocycles. The van der Waals surface area contributed by atoms with Crippen molar-refractivity contribution in [2.75, 3.05) is 6.61 Å². The minimum Gasteiger partial charge on any atom is -0.463 e. The molecule has 0 radical (unpaired) electrons. The molecule has 1 aromatic carbocycles. The molecular weight excluding hydrogens is 226 g/mol. The molecule has 0 N–H and O–H groups in total. The zero-order valence-corrected chi connectivity index (χ0v) is 10.7. The summed E-state index contributed by atoms with van der Waals surface area (Å²) >= 11 is 0. The van der Waals surface area contributed by atoms with Gasteiger partial charge in [-0.3, -0.25) is 0 Å². The minimum atomic E-state index is -0.333. The first-order valence-corrected chi connectivity index (χ1v) is 5.97. The topological polar surface area (TPSA) is 50.1 Å². The van der Waals surface area contributed by atoms with Gasteiger partial charge in [0.15, 0.2) is 0 Å². The second-order valence-electron chi connectivity index (χ2n) is 4.42. The van der Waals surface area contributed by atoms with Crippen LogP contribution < -0.4 is 0 Å². The fraction of sp³-hybridized carbons (Fsp3) is 0.333. The summed E-state index contributed by atoms with van der Waals surface area (Å²) in [5.41, 5.74) is 1.47. The van der Waals surface area contributed by atoms with Gasteiger partial charge in [-0.2, -0.15) is 5.26 Å². The molecular formula is C15H17NO2. The van der Waals surface area contributed by atoms with Crippen LogP contribution in [0.2, 0.25) is 0 Å². The Hall–Kier alpha value is -2.08. The van der Waals surface area contributed by atoms with Crippen molar-refractivity contribution in [3.8, 4) is 6.07 Å². The van der Waals surface area contributed by atoms with Crippen molar-refractivity contribution >= 4 is 12.0 Å². The summed E-state index contributed by atoms with van der Waals surface area (Å²) in [5.74, 6) is 0.195. The Labute approximate surface area is 108 Å². The first-order chi connectivity index (χ1) is 8.61. The molecule has 0 aromatic heterocycles. The van der Waals surface area contributed by atoms with Gasteiger partial charge in [-0.05, 0) is 36.1 Å². The molecule has 0 aliphatic heterocycles. The summed E-state index contributed by atoms with van der Waals surface area (Å²) in [6, 6.07) is 9.04. The van der Waals surface area contributed by atoms with Crippen LogP contribution >= 0.6 is 0 Å². The molecule has 1 rings (SSSR count). The van der Waals surface area contributed by atoms with Crippen LogP contribution in [0, 0.1) is 17.2 Å². The van der Waals surface area contributed by atoms with E-state index in [2.05, 4.69) is 13.8 Å². The molecule has 0 saturated carbocycles. The van der Waals surface area contributed by atoms with Gasteiger partial charge in [0.1, 0.15) is 0 Å². The molecule has 0 unspecified atom stereocenters. The van der Waals surface area contributed by atoms with E-state index in [0.717, 1.165) is 12.0 Å². The number of hydrogen-bond donors (Lipinski definition) is 0. The number of carbonyl (C=O) groups is 1. The summed E-state index contributed by atoms with van der Waals surface area (Å²) < 4.78 is 5.04. The van der Waals surface area contributed by atoms with Gasteiger partial charge in [-0.15, -0.1) is 0 Å². The van der Waals surface area contributed by atoms with Crippen molar-refractivity contribution in [3.05, 3.63) is 41.5 Å². The number of carbonyl (C=O) groups excluding carboxylic acids is 1. The standard InChI is InChI=1S/C15H17NO2/c1-12(2)9-10-18-15(17)8-7-13-3-5-14(11-16)6-4-13/h3-8,12H,9-10H2,1-2H3. The third-order valence-electron chi connectivity index (χ3n) is 2.39. The lowest BCUT2D eigenvalue weighted by Crippen LogP contribution is -2.04. The molecule has 3 nitrogen and oxygen atoms in total. The predicted octanol–water partition coefficient (Wildman–Crippen LogP) is 3.16. The van der Waals surface area contributed by atoms with E-state index >= 15 is 0 Å². The van der Waals surface area contributed by atoms with E-state index in [0.29, 0.717) is 18.1 Å². The van der Waals surface area contributed by atoms with Crippen LogP contribution in [0.3, 0.4) is 0 Å². The zero-order valence-electron chi connectivity index (χ0n) is 10.7. The van der Waals surface area contributed by atoms with Crippen molar-refractivity contribution in [3.63, 3.8) is 0 Å². The van der Waals surface area contributed by atoms with Gasteiger partial charge < -0.3 is 4.74 Å². The van der Waals surface area contributed by atoms with Gasteiger partial charge in [-0.25, -0.2) is 4.79 Å². The fourth-order valence-corrected chi connectivity index (χ4v) is 1.28. The Morgan fingerprint density at radius 2 is 2.06 bits per heavy atom. The van der Waals surface area contributed by atoms with E-state index in [-0.39, 0.29) is 5.97 Å². The van der Waals surface area contributed by atoms with Crippen LogP contribution in [-0.4, -0.2) is 12.6 Å². The maximum Gasteiger partial charge on any atom is 0.330 e. The number of nitrogens with zero attached hydrogens (tertiary/aromatic N) is 1. The average Bonchev–Trinajstić information content (AvgIpc) is 2.36. The first-order valence-electron chi connectivity index (χ1n) is 5.97. The normalized spacial score (nSPS) is 10.6. The lowest BCUT2D eigenvalue weighted by Gasteiger charge is -2.04. The Morgan fingerprint density at radius 3 is 2.61 bits per heavy atom. The second-order valence-corrected chi connectivity index (χ2v) is 4.42. The van der Waals surface area contributed by atoms with E-state index in [1.807, 2.05) is 6.07 Å². The molecule has 0 spiro atoms. The Bertz CT molecular complexity index is 452.